The van der Waals surface area contributed by atoms with E-state index in [0.29, 0.717) is 13.1 Å². The van der Waals surface area contributed by atoms with Crippen molar-refractivity contribution in [2.45, 2.75) is 45.2 Å². The number of fused-ring (bicyclic) bond motifs is 1. The van der Waals surface area contributed by atoms with E-state index in [1.165, 1.54) is 11.1 Å². The van der Waals surface area contributed by atoms with Crippen LogP contribution in [0.5, 0.6) is 0 Å². The Labute approximate surface area is 194 Å². The van der Waals surface area contributed by atoms with Crippen LogP contribution in [0, 0.1) is 11.8 Å². The first-order valence-electron chi connectivity index (χ1n) is 11.9. The van der Waals surface area contributed by atoms with E-state index in [1.54, 1.807) is 12.5 Å². The van der Waals surface area contributed by atoms with Crippen molar-refractivity contribution in [3.63, 3.8) is 0 Å². The van der Waals surface area contributed by atoms with Gasteiger partial charge in [-0.1, -0.05) is 55.3 Å². The van der Waals surface area contributed by atoms with E-state index in [9.17, 15) is 9.59 Å². The molecule has 1 aromatic heterocycles. The highest BCUT2D eigenvalue weighted by atomic mass is 16.2. The van der Waals surface area contributed by atoms with Crippen LogP contribution >= 0.6 is 0 Å². The summed E-state index contributed by atoms with van der Waals surface area (Å²) >= 11 is 0. The maximum atomic E-state index is 13.5. The number of carbonyl (C=O) groups excluding carboxylic acids is 2. The quantitative estimate of drug-likeness (QED) is 0.629. The maximum Gasteiger partial charge on any atom is 0.230 e. The van der Waals surface area contributed by atoms with Crippen molar-refractivity contribution in [3.05, 3.63) is 83.9 Å². The molecule has 0 radical (unpaired) electrons. The molecule has 3 aromatic rings. The van der Waals surface area contributed by atoms with Crippen molar-refractivity contribution >= 4 is 17.5 Å². The third-order valence-corrected chi connectivity index (χ3v) is 6.99. The molecule has 2 amide bonds. The summed E-state index contributed by atoms with van der Waals surface area (Å²) in [6.07, 6.45) is 9.99. The van der Waals surface area contributed by atoms with Crippen LogP contribution < -0.4 is 10.2 Å². The topological polar surface area (TPSA) is 67.2 Å². The van der Waals surface area contributed by atoms with Gasteiger partial charge in [0.1, 0.15) is 0 Å². The Balaban J connectivity index is 1.21. The number of benzene rings is 2. The Morgan fingerprint density at radius 2 is 1.73 bits per heavy atom. The average molecular weight is 443 g/mol. The molecule has 1 saturated carbocycles. The first kappa shape index (κ1) is 21.4. The molecule has 0 saturated heterocycles. The minimum Gasteiger partial charge on any atom is -0.352 e. The molecular formula is C27H30N4O2. The maximum absolute atomic E-state index is 13.5. The normalized spacial score (nSPS) is 19.8. The molecule has 170 valence electrons. The molecule has 2 atom stereocenters. The van der Waals surface area contributed by atoms with Crippen LogP contribution in [0.4, 0.5) is 5.69 Å². The highest BCUT2D eigenvalue weighted by Crippen LogP contribution is 2.36. The van der Waals surface area contributed by atoms with Crippen LogP contribution in [0.15, 0.2) is 67.3 Å². The standard InChI is InChI=1S/C27H30N4O2/c32-26(29-17-20-9-11-21(12-10-20)18-30-16-14-28-19-30)23-6-2-3-7-24(23)27(33)31-15-13-22-5-1-4-8-25(22)31/h1,4-5,8-12,14,16,19,23-24H,2-3,6-7,13,15,17-18H2,(H,29,32). The molecule has 6 heteroatoms. The van der Waals surface area contributed by atoms with E-state index >= 15 is 0 Å². The Hall–Kier alpha value is -3.41. The predicted molar refractivity (Wildman–Crippen MR) is 128 cm³/mol. The van der Waals surface area contributed by atoms with Crippen LogP contribution in [-0.2, 0) is 29.1 Å². The number of carbonyl (C=O) groups is 2. The van der Waals surface area contributed by atoms with Gasteiger partial charge in [0.05, 0.1) is 12.2 Å². The number of amides is 2. The summed E-state index contributed by atoms with van der Waals surface area (Å²) in [5, 5.41) is 3.10. The van der Waals surface area contributed by atoms with E-state index < -0.39 is 0 Å². The smallest absolute Gasteiger partial charge is 0.230 e. The fourth-order valence-corrected chi connectivity index (χ4v) is 5.18. The second-order valence-electron chi connectivity index (χ2n) is 9.14. The fraction of sp³-hybridized carbons (Fsp3) is 0.370. The van der Waals surface area contributed by atoms with E-state index in [1.807, 2.05) is 33.9 Å². The van der Waals surface area contributed by atoms with Crippen LogP contribution in [0.1, 0.15) is 42.4 Å². The number of aromatic nitrogens is 2. The zero-order valence-electron chi connectivity index (χ0n) is 18.8. The molecule has 2 aliphatic rings. The molecule has 0 spiro atoms. The number of para-hydroxylation sites is 1. The lowest BCUT2D eigenvalue weighted by Gasteiger charge is -2.32. The first-order chi connectivity index (χ1) is 16.2. The van der Waals surface area contributed by atoms with Crippen LogP contribution in [-0.4, -0.2) is 27.9 Å². The lowest BCUT2D eigenvalue weighted by Crippen LogP contribution is -2.45. The molecule has 5 rings (SSSR count). The number of nitrogens with one attached hydrogen (secondary N) is 1. The summed E-state index contributed by atoms with van der Waals surface area (Å²) < 4.78 is 2.02. The van der Waals surface area contributed by atoms with E-state index in [-0.39, 0.29) is 23.7 Å². The highest BCUT2D eigenvalue weighted by Gasteiger charge is 2.39. The van der Waals surface area contributed by atoms with Crippen molar-refractivity contribution in [2.24, 2.45) is 11.8 Å². The second-order valence-corrected chi connectivity index (χ2v) is 9.14. The zero-order valence-corrected chi connectivity index (χ0v) is 18.8. The summed E-state index contributed by atoms with van der Waals surface area (Å²) in [5.74, 6) is -0.367. The van der Waals surface area contributed by atoms with E-state index in [0.717, 1.165) is 49.9 Å². The van der Waals surface area contributed by atoms with Crippen LogP contribution in [0.2, 0.25) is 0 Å². The number of hydrogen-bond acceptors (Lipinski definition) is 3. The van der Waals surface area contributed by atoms with E-state index in [2.05, 4.69) is 40.6 Å². The molecule has 2 aromatic carbocycles. The average Bonchev–Trinajstić information content (AvgIpc) is 3.53. The van der Waals surface area contributed by atoms with Crippen LogP contribution in [0.25, 0.3) is 0 Å². The van der Waals surface area contributed by atoms with Gasteiger partial charge in [-0.3, -0.25) is 9.59 Å². The third kappa shape index (κ3) is 4.70. The van der Waals surface area contributed by atoms with Gasteiger partial charge in [0.15, 0.2) is 0 Å². The van der Waals surface area contributed by atoms with Gasteiger partial charge in [-0.05, 0) is 42.0 Å². The number of imidazole rings is 1. The van der Waals surface area contributed by atoms with Gasteiger partial charge in [-0.25, -0.2) is 4.98 Å². The Morgan fingerprint density at radius 1 is 0.970 bits per heavy atom. The van der Waals surface area contributed by atoms with Gasteiger partial charge in [0, 0.05) is 43.6 Å². The lowest BCUT2D eigenvalue weighted by atomic mass is 9.77. The Morgan fingerprint density at radius 3 is 2.52 bits per heavy atom. The molecule has 0 bridgehead atoms. The third-order valence-electron chi connectivity index (χ3n) is 6.99. The van der Waals surface area contributed by atoms with Crippen LogP contribution in [0.3, 0.4) is 0 Å². The summed E-state index contributed by atoms with van der Waals surface area (Å²) in [4.78, 5) is 32.6. The summed E-state index contributed by atoms with van der Waals surface area (Å²) in [6, 6.07) is 16.4. The first-order valence-corrected chi connectivity index (χ1v) is 11.9. The zero-order chi connectivity index (χ0) is 22.6. The molecule has 2 unspecified atom stereocenters. The highest BCUT2D eigenvalue weighted by molar-refractivity contribution is 5.99. The van der Waals surface area contributed by atoms with Gasteiger partial charge in [-0.15, -0.1) is 0 Å². The van der Waals surface area contributed by atoms with Gasteiger partial charge in [0.2, 0.25) is 11.8 Å². The molecule has 1 aliphatic carbocycles. The number of nitrogens with zero attached hydrogens (tertiary/aromatic N) is 3. The fourth-order valence-electron chi connectivity index (χ4n) is 5.18. The van der Waals surface area contributed by atoms with Gasteiger partial charge < -0.3 is 14.8 Å². The van der Waals surface area contributed by atoms with Crippen molar-refractivity contribution in [3.8, 4) is 0 Å². The Kier molecular flexibility index (Phi) is 6.24. The van der Waals surface area contributed by atoms with Gasteiger partial charge >= 0.3 is 0 Å². The molecular weight excluding hydrogens is 412 g/mol. The Bertz CT molecular complexity index is 1110. The van der Waals surface area contributed by atoms with Gasteiger partial charge in [0.25, 0.3) is 0 Å². The van der Waals surface area contributed by atoms with Crippen molar-refractivity contribution in [1.29, 1.82) is 0 Å². The molecule has 1 fully saturated rings. The predicted octanol–water partition coefficient (Wildman–Crippen LogP) is 3.94. The van der Waals surface area contributed by atoms with Crippen molar-refractivity contribution in [1.82, 2.24) is 14.9 Å². The largest absolute Gasteiger partial charge is 0.352 e. The number of rotatable bonds is 6. The molecule has 6 nitrogen and oxygen atoms in total. The van der Waals surface area contributed by atoms with Crippen molar-refractivity contribution in [2.75, 3.05) is 11.4 Å². The summed E-state index contributed by atoms with van der Waals surface area (Å²) in [7, 11) is 0. The van der Waals surface area contributed by atoms with Crippen molar-refractivity contribution < 1.29 is 9.59 Å². The molecule has 1 aliphatic heterocycles. The minimum absolute atomic E-state index is 0.00280. The summed E-state index contributed by atoms with van der Waals surface area (Å²) in [6.45, 7) is 1.97. The number of hydrogen-bond donors (Lipinski definition) is 1. The molecule has 2 heterocycles. The molecule has 33 heavy (non-hydrogen) atoms. The van der Waals surface area contributed by atoms with Gasteiger partial charge in [-0.2, -0.15) is 0 Å². The second kappa shape index (κ2) is 9.61. The minimum atomic E-state index is -0.250. The monoisotopic (exact) mass is 442 g/mol. The number of anilines is 1. The SMILES string of the molecule is O=C(NCc1ccc(Cn2ccnc2)cc1)C1CCCCC1C(=O)N1CCc2ccccc21. The lowest BCUT2D eigenvalue weighted by molar-refractivity contribution is -0.135. The molecule has 1 N–H and O–H groups in total. The van der Waals surface area contributed by atoms with E-state index in [4.69, 9.17) is 0 Å². The summed E-state index contributed by atoms with van der Waals surface area (Å²) in [5.41, 5.74) is 4.49.